The van der Waals surface area contributed by atoms with Crippen LogP contribution in [0.15, 0.2) is 0 Å². The summed E-state index contributed by atoms with van der Waals surface area (Å²) in [7, 11) is 2.22. The molecule has 4 saturated carbocycles. The molecule has 9 atom stereocenters. The Labute approximate surface area is 171 Å². The molecule has 0 amide bonds. The Balaban J connectivity index is 1.38. The normalized spacial score (nSPS) is 55.4. The molecule has 0 aromatic heterocycles. The van der Waals surface area contributed by atoms with Crippen LogP contribution in [0.25, 0.3) is 0 Å². The van der Waals surface area contributed by atoms with Crippen molar-refractivity contribution < 1.29 is 10.2 Å². The maximum atomic E-state index is 11.1. The van der Waals surface area contributed by atoms with Crippen molar-refractivity contribution in [3.05, 3.63) is 0 Å². The van der Waals surface area contributed by atoms with Crippen molar-refractivity contribution in [1.29, 1.82) is 0 Å². The fraction of sp³-hybridized carbons (Fsp3) is 1.00. The highest BCUT2D eigenvalue weighted by atomic mass is 16.3. The first-order chi connectivity index (χ1) is 13.3. The van der Waals surface area contributed by atoms with E-state index in [0.29, 0.717) is 17.4 Å². The van der Waals surface area contributed by atoms with Gasteiger partial charge in [0.25, 0.3) is 0 Å². The van der Waals surface area contributed by atoms with E-state index < -0.39 is 0 Å². The summed E-state index contributed by atoms with van der Waals surface area (Å²) < 4.78 is 0. The molecule has 4 nitrogen and oxygen atoms in total. The number of hydrogen-bond donors (Lipinski definition) is 2. The highest BCUT2D eigenvalue weighted by molar-refractivity contribution is 5.11. The molecule has 160 valence electrons. The van der Waals surface area contributed by atoms with E-state index in [1.165, 1.54) is 38.5 Å². The van der Waals surface area contributed by atoms with Crippen LogP contribution in [0.3, 0.4) is 0 Å². The molecule has 0 radical (unpaired) electrons. The lowest BCUT2D eigenvalue weighted by Crippen LogP contribution is -2.61. The minimum Gasteiger partial charge on any atom is -0.393 e. The molecule has 1 heterocycles. The molecule has 4 heteroatoms. The molecular weight excluding hydrogens is 348 g/mol. The maximum absolute atomic E-state index is 11.1. The van der Waals surface area contributed by atoms with Crippen LogP contribution >= 0.6 is 0 Å². The third kappa shape index (κ3) is 2.85. The standard InChI is InChI=1S/C24H42N2O2/c1-23-9-8-19-17(18(23)6-7-22(23)28)5-4-16-14-21(27)20(15-24(16,19)2)26-12-10-25(3)11-13-26/h16-22,27-28H,4-15H2,1-3H3/t16?,17?,18?,19?,20-,21-,22-,23-,24-/m0/s1. The van der Waals surface area contributed by atoms with Crippen LogP contribution in [0.1, 0.15) is 65.2 Å². The fourth-order valence-corrected chi connectivity index (χ4v) is 8.77. The number of hydrogen-bond acceptors (Lipinski definition) is 4. The Bertz CT molecular complexity index is 591. The van der Waals surface area contributed by atoms with E-state index in [-0.39, 0.29) is 17.6 Å². The van der Waals surface area contributed by atoms with Crippen molar-refractivity contribution in [2.45, 2.75) is 83.5 Å². The van der Waals surface area contributed by atoms with Gasteiger partial charge >= 0.3 is 0 Å². The molecule has 5 fully saturated rings. The van der Waals surface area contributed by atoms with Gasteiger partial charge in [0.05, 0.1) is 12.2 Å². The van der Waals surface area contributed by atoms with Gasteiger partial charge in [-0.15, -0.1) is 0 Å². The number of aliphatic hydroxyl groups is 2. The molecule has 1 saturated heterocycles. The Morgan fingerprint density at radius 3 is 2.29 bits per heavy atom. The van der Waals surface area contributed by atoms with E-state index in [2.05, 4.69) is 30.7 Å². The van der Waals surface area contributed by atoms with Gasteiger partial charge in [-0.25, -0.2) is 0 Å². The summed E-state index contributed by atoms with van der Waals surface area (Å²) in [4.78, 5) is 5.03. The lowest BCUT2D eigenvalue weighted by Gasteiger charge is -2.62. The van der Waals surface area contributed by atoms with Gasteiger partial charge in [-0.3, -0.25) is 4.90 Å². The van der Waals surface area contributed by atoms with Crippen LogP contribution in [0, 0.1) is 34.5 Å². The molecule has 4 aliphatic carbocycles. The zero-order valence-electron chi connectivity index (χ0n) is 18.3. The van der Waals surface area contributed by atoms with Crippen LogP contribution in [0.5, 0.6) is 0 Å². The summed E-state index contributed by atoms with van der Waals surface area (Å²) in [5, 5.41) is 21.8. The van der Waals surface area contributed by atoms with E-state index in [1.807, 2.05) is 0 Å². The maximum Gasteiger partial charge on any atom is 0.0698 e. The molecule has 0 aromatic carbocycles. The summed E-state index contributed by atoms with van der Waals surface area (Å²) in [6, 6.07) is 0.358. The number of piperazine rings is 1. The van der Waals surface area contributed by atoms with Crippen LogP contribution in [0.4, 0.5) is 0 Å². The van der Waals surface area contributed by atoms with Gasteiger partial charge in [0, 0.05) is 32.2 Å². The van der Waals surface area contributed by atoms with E-state index in [9.17, 15) is 10.2 Å². The van der Waals surface area contributed by atoms with Crippen LogP contribution < -0.4 is 0 Å². The number of fused-ring (bicyclic) bond motifs is 5. The molecule has 0 aromatic rings. The van der Waals surface area contributed by atoms with Gasteiger partial charge in [0.1, 0.15) is 0 Å². The minimum atomic E-state index is -0.139. The Hall–Kier alpha value is -0.160. The van der Waals surface area contributed by atoms with Gasteiger partial charge in [-0.1, -0.05) is 13.8 Å². The van der Waals surface area contributed by atoms with Crippen molar-refractivity contribution in [2.24, 2.45) is 34.5 Å². The molecular formula is C24H42N2O2. The topological polar surface area (TPSA) is 46.9 Å². The highest BCUT2D eigenvalue weighted by Gasteiger charge is 2.61. The summed E-state index contributed by atoms with van der Waals surface area (Å²) in [6.07, 6.45) is 9.40. The Morgan fingerprint density at radius 2 is 1.54 bits per heavy atom. The Kier molecular flexibility index (Phi) is 4.90. The summed E-state index contributed by atoms with van der Waals surface area (Å²) in [5.74, 6) is 3.04. The third-order valence-electron chi connectivity index (χ3n) is 10.6. The second kappa shape index (κ2) is 6.93. The Morgan fingerprint density at radius 1 is 0.821 bits per heavy atom. The lowest BCUT2D eigenvalue weighted by molar-refractivity contribution is -0.155. The average Bonchev–Trinajstić information content (AvgIpc) is 2.98. The van der Waals surface area contributed by atoms with E-state index in [1.54, 1.807) is 0 Å². The van der Waals surface area contributed by atoms with E-state index in [0.717, 1.165) is 56.8 Å². The number of aliphatic hydroxyl groups excluding tert-OH is 2. The van der Waals surface area contributed by atoms with Gasteiger partial charge in [-0.2, -0.15) is 0 Å². The minimum absolute atomic E-state index is 0.0738. The van der Waals surface area contributed by atoms with E-state index >= 15 is 0 Å². The van der Waals surface area contributed by atoms with Gasteiger partial charge in [0.2, 0.25) is 0 Å². The predicted molar refractivity (Wildman–Crippen MR) is 112 cm³/mol. The zero-order valence-corrected chi connectivity index (χ0v) is 18.3. The van der Waals surface area contributed by atoms with Crippen molar-refractivity contribution in [2.75, 3.05) is 33.2 Å². The monoisotopic (exact) mass is 390 g/mol. The third-order valence-corrected chi connectivity index (χ3v) is 10.6. The van der Waals surface area contributed by atoms with Crippen molar-refractivity contribution in [3.8, 4) is 0 Å². The molecule has 1 aliphatic heterocycles. The quantitative estimate of drug-likeness (QED) is 0.723. The summed E-state index contributed by atoms with van der Waals surface area (Å²) in [6.45, 7) is 9.47. The molecule has 5 aliphatic rings. The molecule has 0 spiro atoms. The average molecular weight is 391 g/mol. The molecule has 28 heavy (non-hydrogen) atoms. The largest absolute Gasteiger partial charge is 0.393 e. The highest BCUT2D eigenvalue weighted by Crippen LogP contribution is 2.66. The molecule has 5 rings (SSSR count). The van der Waals surface area contributed by atoms with E-state index in [4.69, 9.17) is 0 Å². The second-order valence-corrected chi connectivity index (χ2v) is 11.7. The number of rotatable bonds is 1. The summed E-state index contributed by atoms with van der Waals surface area (Å²) >= 11 is 0. The fourth-order valence-electron chi connectivity index (χ4n) is 8.77. The number of likely N-dealkylation sites (N-methyl/N-ethyl adjacent to an activating group) is 1. The second-order valence-electron chi connectivity index (χ2n) is 11.7. The lowest BCUT2D eigenvalue weighted by atomic mass is 9.44. The zero-order chi connectivity index (χ0) is 19.7. The SMILES string of the molecule is CN1CCN([C@H]2C[C@@]3(C)C(CCC4C3CC[C@@]3(C)C4CC[C@@H]3O)C[C@@H]2O)CC1. The molecule has 4 unspecified atom stereocenters. The smallest absolute Gasteiger partial charge is 0.0698 e. The molecule has 2 N–H and O–H groups in total. The predicted octanol–water partition coefficient (Wildman–Crippen LogP) is 2.98. The van der Waals surface area contributed by atoms with Crippen LogP contribution in [0.2, 0.25) is 0 Å². The van der Waals surface area contributed by atoms with Crippen LogP contribution in [-0.4, -0.2) is 71.5 Å². The van der Waals surface area contributed by atoms with Crippen molar-refractivity contribution >= 4 is 0 Å². The van der Waals surface area contributed by atoms with Gasteiger partial charge in [-0.05, 0) is 92.9 Å². The number of nitrogens with zero attached hydrogens (tertiary/aromatic N) is 2. The first kappa shape index (κ1) is 19.8. The first-order valence-corrected chi connectivity index (χ1v) is 12.1. The van der Waals surface area contributed by atoms with Crippen molar-refractivity contribution in [3.63, 3.8) is 0 Å². The van der Waals surface area contributed by atoms with Gasteiger partial charge in [0.15, 0.2) is 0 Å². The molecule has 0 bridgehead atoms. The first-order valence-electron chi connectivity index (χ1n) is 12.1. The summed E-state index contributed by atoms with van der Waals surface area (Å²) in [5.41, 5.74) is 0.556. The van der Waals surface area contributed by atoms with Crippen LogP contribution in [-0.2, 0) is 0 Å². The van der Waals surface area contributed by atoms with Gasteiger partial charge < -0.3 is 15.1 Å². The van der Waals surface area contributed by atoms with Crippen molar-refractivity contribution in [1.82, 2.24) is 9.80 Å².